The molecule has 0 bridgehead atoms. The number of rotatable bonds is 9. The maximum Gasteiger partial charge on any atom is 0.416 e. The molecule has 2 N–H and O–H groups in total. The van der Waals surface area contributed by atoms with E-state index >= 15 is 0 Å². The molecule has 1 fully saturated rings. The molecular weight excluding hydrogens is 457 g/mol. The highest BCUT2D eigenvalue weighted by atomic mass is 19.4. The van der Waals surface area contributed by atoms with Crippen molar-refractivity contribution in [2.75, 3.05) is 49.5 Å². The van der Waals surface area contributed by atoms with Gasteiger partial charge in [0.2, 0.25) is 0 Å². The second kappa shape index (κ2) is 12.1. The predicted octanol–water partition coefficient (Wildman–Crippen LogP) is 5.02. The van der Waals surface area contributed by atoms with Crippen molar-refractivity contribution in [1.29, 1.82) is 0 Å². The van der Waals surface area contributed by atoms with Gasteiger partial charge in [0, 0.05) is 43.1 Å². The number of anilines is 2. The van der Waals surface area contributed by atoms with Crippen molar-refractivity contribution in [2.24, 2.45) is 0 Å². The molecule has 35 heavy (non-hydrogen) atoms. The van der Waals surface area contributed by atoms with Crippen LogP contribution in [0.5, 0.6) is 0 Å². The molecule has 2 aromatic carbocycles. The summed E-state index contributed by atoms with van der Waals surface area (Å²) in [6, 6.07) is 9.35. The third kappa shape index (κ3) is 7.21. The molecule has 3 rings (SSSR count). The van der Waals surface area contributed by atoms with E-state index in [1.807, 2.05) is 0 Å². The summed E-state index contributed by atoms with van der Waals surface area (Å²) in [5, 5.41) is 5.61. The summed E-state index contributed by atoms with van der Waals surface area (Å²) in [4.78, 5) is 30.2. The molecule has 6 nitrogen and oxygen atoms in total. The largest absolute Gasteiger partial charge is 0.416 e. The summed E-state index contributed by atoms with van der Waals surface area (Å²) in [6.45, 7) is 8.81. The molecule has 190 valence electrons. The number of hydrogen-bond donors (Lipinski definition) is 2. The van der Waals surface area contributed by atoms with Gasteiger partial charge in [-0.3, -0.25) is 9.59 Å². The van der Waals surface area contributed by atoms with Gasteiger partial charge in [0.05, 0.1) is 11.1 Å². The maximum atomic E-state index is 13.1. The Morgan fingerprint density at radius 2 is 1.69 bits per heavy atom. The second-order valence-electron chi connectivity index (χ2n) is 8.60. The number of hydrogen-bond acceptors (Lipinski definition) is 4. The van der Waals surface area contributed by atoms with Gasteiger partial charge < -0.3 is 20.4 Å². The van der Waals surface area contributed by atoms with E-state index < -0.39 is 17.6 Å². The zero-order valence-electron chi connectivity index (χ0n) is 20.3. The van der Waals surface area contributed by atoms with Crippen LogP contribution in [0.1, 0.15) is 59.4 Å². The number of carbonyl (C=O) groups is 2. The van der Waals surface area contributed by atoms with Crippen LogP contribution < -0.4 is 15.5 Å². The fraction of sp³-hybridized carbons (Fsp3) is 0.462. The highest BCUT2D eigenvalue weighted by Gasteiger charge is 2.31. The Morgan fingerprint density at radius 3 is 2.34 bits per heavy atom. The molecule has 1 aliphatic heterocycles. The Balaban J connectivity index is 1.81. The van der Waals surface area contributed by atoms with Crippen LogP contribution in [0, 0.1) is 0 Å². The first-order valence-corrected chi connectivity index (χ1v) is 12.1. The fourth-order valence-corrected chi connectivity index (χ4v) is 4.21. The van der Waals surface area contributed by atoms with Gasteiger partial charge in [-0.2, -0.15) is 13.2 Å². The van der Waals surface area contributed by atoms with E-state index in [1.54, 1.807) is 18.2 Å². The standard InChI is InChI=1S/C26H33F3N4O2/c1-3-32(4-2)16-13-30-25(35)22-18-21(11-12-23(22)33-14-6-5-7-15-33)31-24(34)19-9-8-10-20(17-19)26(27,28)29/h8-12,17-18H,3-7,13-16H2,1-2H3,(H,30,35)(H,31,34). The lowest BCUT2D eigenvalue weighted by Crippen LogP contribution is -2.36. The first-order chi connectivity index (χ1) is 16.7. The van der Waals surface area contributed by atoms with Gasteiger partial charge in [-0.25, -0.2) is 0 Å². The van der Waals surface area contributed by atoms with E-state index in [0.29, 0.717) is 17.8 Å². The molecule has 9 heteroatoms. The number of halogens is 3. The zero-order chi connectivity index (χ0) is 25.4. The Morgan fingerprint density at radius 1 is 0.971 bits per heavy atom. The second-order valence-corrected chi connectivity index (χ2v) is 8.60. The molecular formula is C26H33F3N4O2. The van der Waals surface area contributed by atoms with Crippen molar-refractivity contribution in [3.63, 3.8) is 0 Å². The monoisotopic (exact) mass is 490 g/mol. The van der Waals surface area contributed by atoms with Gasteiger partial charge in [0.1, 0.15) is 0 Å². The van der Waals surface area contributed by atoms with Gasteiger partial charge in [-0.1, -0.05) is 19.9 Å². The van der Waals surface area contributed by atoms with Crippen LogP contribution >= 0.6 is 0 Å². The van der Waals surface area contributed by atoms with Crippen molar-refractivity contribution in [1.82, 2.24) is 10.2 Å². The third-order valence-corrected chi connectivity index (χ3v) is 6.26. The first-order valence-electron chi connectivity index (χ1n) is 12.1. The number of carbonyl (C=O) groups excluding carboxylic acids is 2. The summed E-state index contributed by atoms with van der Waals surface area (Å²) in [6.07, 6.45) is -1.32. The van der Waals surface area contributed by atoms with Gasteiger partial charge >= 0.3 is 6.18 Å². The fourth-order valence-electron chi connectivity index (χ4n) is 4.21. The summed E-state index contributed by atoms with van der Waals surface area (Å²) in [5.41, 5.74) is 0.585. The van der Waals surface area contributed by atoms with Gasteiger partial charge in [0.25, 0.3) is 11.8 Å². The van der Waals surface area contributed by atoms with Crippen molar-refractivity contribution in [3.05, 3.63) is 59.2 Å². The minimum absolute atomic E-state index is 0.106. The van der Waals surface area contributed by atoms with Gasteiger partial charge in [0.15, 0.2) is 0 Å². The van der Waals surface area contributed by atoms with Crippen LogP contribution in [0.25, 0.3) is 0 Å². The van der Waals surface area contributed by atoms with Crippen molar-refractivity contribution in [3.8, 4) is 0 Å². The average Bonchev–Trinajstić information content (AvgIpc) is 2.86. The Hall–Kier alpha value is -3.07. The van der Waals surface area contributed by atoms with Gasteiger partial charge in [-0.15, -0.1) is 0 Å². The molecule has 0 aliphatic carbocycles. The van der Waals surface area contributed by atoms with E-state index in [9.17, 15) is 22.8 Å². The van der Waals surface area contributed by atoms with Crippen LogP contribution in [0.4, 0.5) is 24.5 Å². The molecule has 0 aromatic heterocycles. The number of benzene rings is 2. The van der Waals surface area contributed by atoms with Crippen LogP contribution in [-0.2, 0) is 6.18 Å². The lowest BCUT2D eigenvalue weighted by Gasteiger charge is -2.30. The summed E-state index contributed by atoms with van der Waals surface area (Å²) >= 11 is 0. The summed E-state index contributed by atoms with van der Waals surface area (Å²) < 4.78 is 39.1. The Kier molecular flexibility index (Phi) is 9.14. The summed E-state index contributed by atoms with van der Waals surface area (Å²) in [5.74, 6) is -0.914. The number of nitrogens with zero attached hydrogens (tertiary/aromatic N) is 2. The summed E-state index contributed by atoms with van der Waals surface area (Å²) in [7, 11) is 0. The molecule has 1 heterocycles. The maximum absolute atomic E-state index is 13.1. The molecule has 0 unspecified atom stereocenters. The van der Waals surface area contributed by atoms with E-state index in [-0.39, 0.29) is 11.5 Å². The first kappa shape index (κ1) is 26.5. The highest BCUT2D eigenvalue weighted by Crippen LogP contribution is 2.30. The van der Waals surface area contributed by atoms with Crippen molar-refractivity contribution < 1.29 is 22.8 Å². The molecule has 0 saturated carbocycles. The lowest BCUT2D eigenvalue weighted by molar-refractivity contribution is -0.137. The molecule has 1 aliphatic rings. The van der Waals surface area contributed by atoms with E-state index in [4.69, 9.17) is 0 Å². The third-order valence-electron chi connectivity index (χ3n) is 6.26. The van der Waals surface area contributed by atoms with E-state index in [2.05, 4.69) is 34.3 Å². The Bertz CT molecular complexity index is 1020. The SMILES string of the molecule is CCN(CC)CCNC(=O)c1cc(NC(=O)c2cccc(C(F)(F)F)c2)ccc1N1CCCCC1. The Labute approximate surface area is 204 Å². The molecule has 0 radical (unpaired) electrons. The number of amides is 2. The molecule has 0 spiro atoms. The van der Waals surface area contributed by atoms with Crippen LogP contribution in [0.2, 0.25) is 0 Å². The molecule has 2 amide bonds. The normalized spacial score (nSPS) is 14.2. The smallest absolute Gasteiger partial charge is 0.371 e. The topological polar surface area (TPSA) is 64.7 Å². The molecule has 0 atom stereocenters. The highest BCUT2D eigenvalue weighted by molar-refractivity contribution is 6.06. The van der Waals surface area contributed by atoms with E-state index in [1.165, 1.54) is 12.1 Å². The quantitative estimate of drug-likeness (QED) is 0.518. The number of piperidine rings is 1. The molecule has 1 saturated heterocycles. The number of nitrogens with one attached hydrogen (secondary N) is 2. The van der Waals surface area contributed by atoms with Gasteiger partial charge in [-0.05, 0) is 68.8 Å². The van der Waals surface area contributed by atoms with E-state index in [0.717, 1.165) is 69.8 Å². The molecule has 2 aromatic rings. The minimum Gasteiger partial charge on any atom is -0.371 e. The van der Waals surface area contributed by atoms with Crippen LogP contribution in [-0.4, -0.2) is 56.0 Å². The number of likely N-dealkylation sites (N-methyl/N-ethyl adjacent to an activating group) is 1. The minimum atomic E-state index is -4.54. The number of alkyl halides is 3. The van der Waals surface area contributed by atoms with Crippen molar-refractivity contribution >= 4 is 23.2 Å². The average molecular weight is 491 g/mol. The zero-order valence-corrected chi connectivity index (χ0v) is 20.3. The lowest BCUT2D eigenvalue weighted by atomic mass is 10.1. The van der Waals surface area contributed by atoms with Crippen LogP contribution in [0.15, 0.2) is 42.5 Å². The van der Waals surface area contributed by atoms with Crippen molar-refractivity contribution in [2.45, 2.75) is 39.3 Å². The predicted molar refractivity (Wildman–Crippen MR) is 132 cm³/mol. The van der Waals surface area contributed by atoms with Crippen LogP contribution in [0.3, 0.4) is 0 Å².